The van der Waals surface area contributed by atoms with Crippen LogP contribution >= 0.6 is 0 Å². The molecule has 1 aliphatic heterocycles. The highest BCUT2D eigenvalue weighted by Gasteiger charge is 2.28. The van der Waals surface area contributed by atoms with Crippen molar-refractivity contribution in [1.29, 1.82) is 0 Å². The number of esters is 1. The molecule has 0 bridgehead atoms. The van der Waals surface area contributed by atoms with Crippen LogP contribution < -0.4 is 10.1 Å². The number of benzene rings is 1. The van der Waals surface area contributed by atoms with Crippen molar-refractivity contribution in [3.05, 3.63) is 29.8 Å². The predicted octanol–water partition coefficient (Wildman–Crippen LogP) is 4.64. The zero-order chi connectivity index (χ0) is 19.3. The molecule has 1 fully saturated rings. The van der Waals surface area contributed by atoms with Crippen molar-refractivity contribution in [2.24, 2.45) is 0 Å². The van der Waals surface area contributed by atoms with E-state index < -0.39 is 6.04 Å². The van der Waals surface area contributed by atoms with E-state index in [0.29, 0.717) is 25.2 Å². The Hall–Kier alpha value is -2.04. The summed E-state index contributed by atoms with van der Waals surface area (Å²) in [4.78, 5) is 23.6. The number of hydrogen-bond donors (Lipinski definition) is 1. The first-order valence-electron chi connectivity index (χ1n) is 10.4. The fourth-order valence-electron chi connectivity index (χ4n) is 3.17. The fraction of sp³-hybridized carbons (Fsp3) is 0.636. The van der Waals surface area contributed by atoms with Crippen LogP contribution in [-0.4, -0.2) is 31.1 Å². The molecule has 1 atom stereocenters. The number of unbranched alkanes of at least 4 members (excludes halogenated alkanes) is 8. The maximum absolute atomic E-state index is 12.1. The highest BCUT2D eigenvalue weighted by molar-refractivity contribution is 5.97. The van der Waals surface area contributed by atoms with Gasteiger partial charge in [-0.15, -0.1) is 0 Å². The lowest BCUT2D eigenvalue weighted by atomic mass is 10.1. The minimum Gasteiger partial charge on any atom is -0.494 e. The van der Waals surface area contributed by atoms with E-state index in [1.54, 1.807) is 24.3 Å². The Balaban J connectivity index is 1.56. The molecule has 1 aliphatic rings. The number of carbonyl (C=O) groups is 2. The molecule has 1 N–H and O–H groups in total. The first-order valence-corrected chi connectivity index (χ1v) is 10.4. The molecule has 5 heteroatoms. The molecule has 5 nitrogen and oxygen atoms in total. The maximum Gasteiger partial charge on any atom is 0.328 e. The Bertz CT molecular complexity index is 570. The molecule has 0 spiro atoms. The third-order valence-electron chi connectivity index (χ3n) is 4.87. The largest absolute Gasteiger partial charge is 0.494 e. The van der Waals surface area contributed by atoms with Gasteiger partial charge in [-0.1, -0.05) is 58.3 Å². The quantitative estimate of drug-likeness (QED) is 0.403. The van der Waals surface area contributed by atoms with Gasteiger partial charge in [-0.05, 0) is 30.7 Å². The standard InChI is InChI=1S/C22H33NO4/c1-2-3-4-5-6-7-8-9-10-16-26-19-13-11-18(12-14-19)21(24)23-20-15-17-27-22(20)25/h11-14,20H,2-10,15-17H2,1H3,(H,23,24)/t20-/m1/s1. The summed E-state index contributed by atoms with van der Waals surface area (Å²) < 4.78 is 10.6. The van der Waals surface area contributed by atoms with Crippen molar-refractivity contribution in [3.63, 3.8) is 0 Å². The van der Waals surface area contributed by atoms with Gasteiger partial charge in [-0.2, -0.15) is 0 Å². The first-order chi connectivity index (χ1) is 13.2. The minimum absolute atomic E-state index is 0.260. The second-order valence-corrected chi connectivity index (χ2v) is 7.18. The van der Waals surface area contributed by atoms with Crippen LogP contribution in [-0.2, 0) is 9.53 Å². The van der Waals surface area contributed by atoms with Crippen LogP contribution in [0.5, 0.6) is 5.75 Å². The molecule has 150 valence electrons. The highest BCUT2D eigenvalue weighted by Crippen LogP contribution is 2.15. The van der Waals surface area contributed by atoms with E-state index in [1.807, 2.05) is 0 Å². The van der Waals surface area contributed by atoms with Gasteiger partial charge >= 0.3 is 5.97 Å². The van der Waals surface area contributed by atoms with Gasteiger partial charge in [0.1, 0.15) is 11.8 Å². The summed E-state index contributed by atoms with van der Waals surface area (Å²) in [6, 6.07) is 6.52. The van der Waals surface area contributed by atoms with Crippen LogP contribution in [0, 0.1) is 0 Å². The molecule has 0 aliphatic carbocycles. The zero-order valence-corrected chi connectivity index (χ0v) is 16.5. The van der Waals surface area contributed by atoms with E-state index in [9.17, 15) is 9.59 Å². The van der Waals surface area contributed by atoms with Crippen molar-refractivity contribution in [2.75, 3.05) is 13.2 Å². The minimum atomic E-state index is -0.528. The molecule has 0 unspecified atom stereocenters. The summed E-state index contributed by atoms with van der Waals surface area (Å²) in [5, 5.41) is 2.70. The van der Waals surface area contributed by atoms with Crippen LogP contribution in [0.2, 0.25) is 0 Å². The number of carbonyl (C=O) groups excluding carboxylic acids is 2. The van der Waals surface area contributed by atoms with Crippen LogP contribution in [0.3, 0.4) is 0 Å². The van der Waals surface area contributed by atoms with Crippen LogP contribution in [0.15, 0.2) is 24.3 Å². The topological polar surface area (TPSA) is 64.6 Å². The van der Waals surface area contributed by atoms with Gasteiger partial charge in [0, 0.05) is 12.0 Å². The molecular weight excluding hydrogens is 342 g/mol. The van der Waals surface area contributed by atoms with E-state index >= 15 is 0 Å². The van der Waals surface area contributed by atoms with Crippen LogP contribution in [0.25, 0.3) is 0 Å². The Morgan fingerprint density at radius 1 is 1.04 bits per heavy atom. The molecule has 1 aromatic rings. The Morgan fingerprint density at radius 3 is 2.26 bits per heavy atom. The molecule has 0 saturated carbocycles. The second-order valence-electron chi connectivity index (χ2n) is 7.18. The van der Waals surface area contributed by atoms with Gasteiger partial charge < -0.3 is 14.8 Å². The van der Waals surface area contributed by atoms with E-state index in [2.05, 4.69) is 12.2 Å². The SMILES string of the molecule is CCCCCCCCCCCOc1ccc(C(=O)N[C@@H]2CCOC2=O)cc1. The van der Waals surface area contributed by atoms with Crippen molar-refractivity contribution in [1.82, 2.24) is 5.32 Å². The molecular formula is C22H33NO4. The Morgan fingerprint density at radius 2 is 1.67 bits per heavy atom. The first kappa shape index (κ1) is 21.3. The third kappa shape index (κ3) is 8.02. The van der Waals surface area contributed by atoms with Crippen LogP contribution in [0.1, 0.15) is 81.5 Å². The van der Waals surface area contributed by atoms with Crippen molar-refractivity contribution in [3.8, 4) is 5.75 Å². The number of cyclic esters (lactones) is 1. The summed E-state index contributed by atoms with van der Waals surface area (Å²) in [6.07, 6.45) is 12.1. The van der Waals surface area contributed by atoms with Gasteiger partial charge in [0.25, 0.3) is 5.91 Å². The molecule has 2 rings (SSSR count). The molecule has 1 heterocycles. The van der Waals surface area contributed by atoms with E-state index in [-0.39, 0.29) is 11.9 Å². The van der Waals surface area contributed by atoms with Crippen molar-refractivity contribution >= 4 is 11.9 Å². The lowest BCUT2D eigenvalue weighted by Crippen LogP contribution is -2.37. The average Bonchev–Trinajstić information content (AvgIpc) is 3.08. The highest BCUT2D eigenvalue weighted by atomic mass is 16.5. The Labute approximate surface area is 162 Å². The summed E-state index contributed by atoms with van der Waals surface area (Å²) in [7, 11) is 0. The molecule has 1 aromatic carbocycles. The van der Waals surface area contributed by atoms with E-state index in [0.717, 1.165) is 12.2 Å². The summed E-state index contributed by atoms with van der Waals surface area (Å²) in [5.74, 6) is 0.153. The number of hydrogen-bond acceptors (Lipinski definition) is 4. The molecule has 0 radical (unpaired) electrons. The Kier molecular flexibility index (Phi) is 9.74. The van der Waals surface area contributed by atoms with Gasteiger partial charge in [-0.3, -0.25) is 4.79 Å². The lowest BCUT2D eigenvalue weighted by molar-refractivity contribution is -0.139. The smallest absolute Gasteiger partial charge is 0.328 e. The zero-order valence-electron chi connectivity index (χ0n) is 16.5. The summed E-state index contributed by atoms with van der Waals surface area (Å²) in [5.41, 5.74) is 0.519. The number of amides is 1. The van der Waals surface area contributed by atoms with E-state index in [1.165, 1.54) is 51.4 Å². The normalized spacial score (nSPS) is 16.2. The van der Waals surface area contributed by atoms with Gasteiger partial charge in [0.15, 0.2) is 0 Å². The number of ether oxygens (including phenoxy) is 2. The number of nitrogens with one attached hydrogen (secondary N) is 1. The second kappa shape index (κ2) is 12.4. The lowest BCUT2D eigenvalue weighted by Gasteiger charge is -2.10. The van der Waals surface area contributed by atoms with Crippen molar-refractivity contribution in [2.45, 2.75) is 77.2 Å². The average molecular weight is 376 g/mol. The predicted molar refractivity (Wildman–Crippen MR) is 106 cm³/mol. The third-order valence-corrected chi connectivity index (χ3v) is 4.87. The van der Waals surface area contributed by atoms with Gasteiger partial charge in [0.05, 0.1) is 13.2 Å². The van der Waals surface area contributed by atoms with E-state index in [4.69, 9.17) is 9.47 Å². The van der Waals surface area contributed by atoms with Crippen molar-refractivity contribution < 1.29 is 19.1 Å². The maximum atomic E-state index is 12.1. The molecule has 0 aromatic heterocycles. The monoisotopic (exact) mass is 375 g/mol. The summed E-state index contributed by atoms with van der Waals surface area (Å²) >= 11 is 0. The number of rotatable bonds is 13. The van der Waals surface area contributed by atoms with Gasteiger partial charge in [-0.25, -0.2) is 4.79 Å². The molecule has 1 amide bonds. The van der Waals surface area contributed by atoms with Crippen LogP contribution in [0.4, 0.5) is 0 Å². The van der Waals surface area contributed by atoms with Gasteiger partial charge in [0.2, 0.25) is 0 Å². The fourth-order valence-corrected chi connectivity index (χ4v) is 3.17. The summed E-state index contributed by atoms with van der Waals surface area (Å²) in [6.45, 7) is 3.32. The molecule has 27 heavy (non-hydrogen) atoms. The molecule has 1 saturated heterocycles.